The van der Waals surface area contributed by atoms with E-state index in [2.05, 4.69) is 17.0 Å². The molecule has 3 rings (SSSR count). The van der Waals surface area contributed by atoms with E-state index < -0.39 is 12.5 Å². The van der Waals surface area contributed by atoms with Crippen molar-refractivity contribution in [3.8, 4) is 11.5 Å². The lowest BCUT2D eigenvalue weighted by atomic mass is 10.1. The third kappa shape index (κ3) is 5.71. The number of anilines is 1. The first-order chi connectivity index (χ1) is 14.9. The molecule has 2 amide bonds. The molecule has 1 aliphatic heterocycles. The second kappa shape index (κ2) is 10.2. The quantitative estimate of drug-likeness (QED) is 0.658. The zero-order valence-electron chi connectivity index (χ0n) is 17.6. The molecule has 2 aromatic rings. The number of ether oxygens (including phenoxy) is 2. The lowest BCUT2D eigenvalue weighted by molar-refractivity contribution is -0.126. The van der Waals surface area contributed by atoms with Gasteiger partial charge in [0.2, 0.25) is 11.8 Å². The van der Waals surface area contributed by atoms with Gasteiger partial charge in [-0.3, -0.25) is 9.59 Å². The van der Waals surface area contributed by atoms with Crippen LogP contribution in [0.15, 0.2) is 42.5 Å². The molecule has 31 heavy (non-hydrogen) atoms. The van der Waals surface area contributed by atoms with Crippen molar-refractivity contribution in [2.45, 2.75) is 32.8 Å². The number of hydrogen-bond donors (Lipinski definition) is 1. The first-order valence-electron chi connectivity index (χ1n) is 10.2. The van der Waals surface area contributed by atoms with Gasteiger partial charge >= 0.3 is 6.61 Å². The molecular formula is C23H26F2N2O4. The maximum absolute atomic E-state index is 12.5. The van der Waals surface area contributed by atoms with E-state index in [9.17, 15) is 18.4 Å². The number of amides is 2. The van der Waals surface area contributed by atoms with Crippen LogP contribution in [0.4, 0.5) is 14.5 Å². The fourth-order valence-corrected chi connectivity index (χ4v) is 3.58. The van der Waals surface area contributed by atoms with Gasteiger partial charge in [0.15, 0.2) is 11.5 Å². The summed E-state index contributed by atoms with van der Waals surface area (Å²) >= 11 is 0. The molecule has 0 spiro atoms. The van der Waals surface area contributed by atoms with Gasteiger partial charge in [-0.25, -0.2) is 0 Å². The zero-order valence-corrected chi connectivity index (χ0v) is 17.6. The number of benzene rings is 2. The van der Waals surface area contributed by atoms with E-state index >= 15 is 0 Å². The minimum atomic E-state index is -2.93. The van der Waals surface area contributed by atoms with Crippen LogP contribution >= 0.6 is 0 Å². The van der Waals surface area contributed by atoms with Crippen LogP contribution in [0, 0.1) is 5.92 Å². The minimum Gasteiger partial charge on any atom is -0.493 e. The van der Waals surface area contributed by atoms with Crippen molar-refractivity contribution in [3.63, 3.8) is 0 Å². The number of methoxy groups -OCH3 is 1. The number of halogens is 2. The standard InChI is InChI=1S/C23H26F2N2O4/c1-3-15-4-7-18(8-5-15)27-14-17(13-21(27)28)22(29)26-11-10-16-6-9-19(31-23(24)25)20(12-16)30-2/h4-9,12,17,23H,3,10-11,13-14H2,1-2H3,(H,26,29). The number of aryl methyl sites for hydroxylation is 1. The van der Waals surface area contributed by atoms with Gasteiger partial charge in [-0.05, 0) is 48.2 Å². The summed E-state index contributed by atoms with van der Waals surface area (Å²) in [5, 5.41) is 2.86. The van der Waals surface area contributed by atoms with E-state index in [-0.39, 0.29) is 29.7 Å². The molecule has 1 unspecified atom stereocenters. The topological polar surface area (TPSA) is 67.9 Å². The predicted octanol–water partition coefficient (Wildman–Crippen LogP) is 3.57. The summed E-state index contributed by atoms with van der Waals surface area (Å²) < 4.78 is 34.3. The molecule has 1 fully saturated rings. The van der Waals surface area contributed by atoms with Crippen LogP contribution in [-0.4, -0.2) is 38.6 Å². The lowest BCUT2D eigenvalue weighted by Crippen LogP contribution is -2.34. The summed E-state index contributed by atoms with van der Waals surface area (Å²) in [6.07, 6.45) is 1.59. The number of alkyl halides is 2. The SMILES string of the molecule is CCc1ccc(N2CC(C(=O)NCCc3ccc(OC(F)F)c(OC)c3)CC2=O)cc1. The highest BCUT2D eigenvalue weighted by molar-refractivity contribution is 6.00. The van der Waals surface area contributed by atoms with Gasteiger partial charge in [-0.2, -0.15) is 8.78 Å². The van der Waals surface area contributed by atoms with Crippen LogP contribution < -0.4 is 19.7 Å². The Labute approximate surface area is 180 Å². The van der Waals surface area contributed by atoms with Gasteiger partial charge < -0.3 is 19.7 Å². The predicted molar refractivity (Wildman–Crippen MR) is 113 cm³/mol. The van der Waals surface area contributed by atoms with Crippen LogP contribution in [0.5, 0.6) is 11.5 Å². The Morgan fingerprint density at radius 3 is 2.52 bits per heavy atom. The second-order valence-corrected chi connectivity index (χ2v) is 7.33. The van der Waals surface area contributed by atoms with Crippen molar-refractivity contribution in [1.29, 1.82) is 0 Å². The first-order valence-corrected chi connectivity index (χ1v) is 10.2. The molecule has 2 aromatic carbocycles. The van der Waals surface area contributed by atoms with E-state index in [1.54, 1.807) is 17.0 Å². The molecule has 1 saturated heterocycles. The molecule has 0 bridgehead atoms. The van der Waals surface area contributed by atoms with Gasteiger partial charge in [0.25, 0.3) is 0 Å². The highest BCUT2D eigenvalue weighted by Crippen LogP contribution is 2.29. The molecule has 6 nitrogen and oxygen atoms in total. The van der Waals surface area contributed by atoms with Gasteiger partial charge in [0.1, 0.15) is 0 Å². The summed E-state index contributed by atoms with van der Waals surface area (Å²) in [4.78, 5) is 26.6. The molecule has 0 radical (unpaired) electrons. The molecule has 1 N–H and O–H groups in total. The molecular weight excluding hydrogens is 406 g/mol. The van der Waals surface area contributed by atoms with Crippen LogP contribution in [0.3, 0.4) is 0 Å². The van der Waals surface area contributed by atoms with E-state index in [0.717, 1.165) is 17.7 Å². The van der Waals surface area contributed by atoms with Crippen LogP contribution in [-0.2, 0) is 22.4 Å². The molecule has 0 aromatic heterocycles. The maximum atomic E-state index is 12.5. The fourth-order valence-electron chi connectivity index (χ4n) is 3.58. The van der Waals surface area contributed by atoms with Gasteiger partial charge in [0.05, 0.1) is 13.0 Å². The van der Waals surface area contributed by atoms with Crippen molar-refractivity contribution in [2.75, 3.05) is 25.1 Å². The average molecular weight is 432 g/mol. The number of hydrogen-bond acceptors (Lipinski definition) is 4. The molecule has 0 aliphatic carbocycles. The Bertz CT molecular complexity index is 918. The maximum Gasteiger partial charge on any atom is 0.387 e. The summed E-state index contributed by atoms with van der Waals surface area (Å²) in [6.45, 7) is -0.161. The first kappa shape index (κ1) is 22.5. The smallest absolute Gasteiger partial charge is 0.387 e. The zero-order chi connectivity index (χ0) is 22.4. The van der Waals surface area contributed by atoms with E-state index in [1.165, 1.54) is 18.7 Å². The highest BCUT2D eigenvalue weighted by Gasteiger charge is 2.34. The highest BCUT2D eigenvalue weighted by atomic mass is 19.3. The van der Waals surface area contributed by atoms with Crippen molar-refractivity contribution in [2.24, 2.45) is 5.92 Å². The molecule has 166 valence electrons. The summed E-state index contributed by atoms with van der Waals surface area (Å²) in [7, 11) is 1.37. The van der Waals surface area contributed by atoms with Gasteiger partial charge in [0, 0.05) is 25.2 Å². The Morgan fingerprint density at radius 2 is 1.87 bits per heavy atom. The minimum absolute atomic E-state index is 0.0400. The second-order valence-electron chi connectivity index (χ2n) is 7.33. The average Bonchev–Trinajstić information content (AvgIpc) is 3.16. The van der Waals surface area contributed by atoms with Gasteiger partial charge in [-0.1, -0.05) is 25.1 Å². The number of carbonyl (C=O) groups is 2. The molecule has 1 aliphatic rings. The van der Waals surface area contributed by atoms with Crippen molar-refractivity contribution in [3.05, 3.63) is 53.6 Å². The normalized spacial score (nSPS) is 16.0. The third-order valence-corrected chi connectivity index (χ3v) is 5.31. The summed E-state index contributed by atoms with van der Waals surface area (Å²) in [5.74, 6) is -0.485. The van der Waals surface area contributed by atoms with Crippen molar-refractivity contribution in [1.82, 2.24) is 5.32 Å². The Kier molecular flexibility index (Phi) is 7.44. The third-order valence-electron chi connectivity index (χ3n) is 5.31. The lowest BCUT2D eigenvalue weighted by Gasteiger charge is -2.17. The van der Waals surface area contributed by atoms with Gasteiger partial charge in [-0.15, -0.1) is 0 Å². The van der Waals surface area contributed by atoms with E-state index in [4.69, 9.17) is 4.74 Å². The number of rotatable bonds is 9. The monoisotopic (exact) mass is 432 g/mol. The van der Waals surface area contributed by atoms with E-state index in [1.807, 2.05) is 24.3 Å². The Morgan fingerprint density at radius 1 is 1.16 bits per heavy atom. The molecule has 1 atom stereocenters. The Hall–Kier alpha value is -3.16. The Balaban J connectivity index is 1.52. The number of nitrogens with zero attached hydrogens (tertiary/aromatic N) is 1. The van der Waals surface area contributed by atoms with Crippen LogP contribution in [0.1, 0.15) is 24.5 Å². The molecule has 0 saturated carbocycles. The van der Waals surface area contributed by atoms with Crippen LogP contribution in [0.2, 0.25) is 0 Å². The summed E-state index contributed by atoms with van der Waals surface area (Å²) in [5.41, 5.74) is 2.80. The van der Waals surface area contributed by atoms with Crippen LogP contribution in [0.25, 0.3) is 0 Å². The van der Waals surface area contributed by atoms with Crippen molar-refractivity contribution >= 4 is 17.5 Å². The summed E-state index contributed by atoms with van der Waals surface area (Å²) in [6, 6.07) is 12.5. The van der Waals surface area contributed by atoms with Crippen molar-refractivity contribution < 1.29 is 27.8 Å². The number of carbonyl (C=O) groups excluding carboxylic acids is 2. The molecule has 1 heterocycles. The number of nitrogens with one attached hydrogen (secondary N) is 1. The molecule has 8 heteroatoms. The van der Waals surface area contributed by atoms with E-state index in [0.29, 0.717) is 19.5 Å². The fraction of sp³-hybridized carbons (Fsp3) is 0.391. The largest absolute Gasteiger partial charge is 0.493 e.